The number of nitrogens with zero attached hydrogens (tertiary/aromatic N) is 2. The van der Waals surface area contributed by atoms with Gasteiger partial charge < -0.3 is 10.2 Å². The van der Waals surface area contributed by atoms with Gasteiger partial charge >= 0.3 is 0 Å². The monoisotopic (exact) mass is 427 g/mol. The van der Waals surface area contributed by atoms with Crippen molar-refractivity contribution < 1.29 is 18.0 Å². The van der Waals surface area contributed by atoms with Crippen LogP contribution in [0.5, 0.6) is 0 Å². The Morgan fingerprint density at radius 3 is 2.27 bits per heavy atom. The summed E-state index contributed by atoms with van der Waals surface area (Å²) in [4.78, 5) is 26.2. The Morgan fingerprint density at radius 1 is 0.967 bits per heavy atom. The van der Waals surface area contributed by atoms with Gasteiger partial charge in [0.15, 0.2) is 0 Å². The van der Waals surface area contributed by atoms with Crippen molar-refractivity contribution in [1.29, 1.82) is 0 Å². The molecule has 2 aromatic rings. The summed E-state index contributed by atoms with van der Waals surface area (Å²) in [7, 11) is -3.55. The lowest BCUT2D eigenvalue weighted by molar-refractivity contribution is -0.131. The standard InChI is InChI=1S/C22H25N3O4S/c1-18-7-5-6-10-20(18)22(27)23-17-21(26)24-12-14-25(15-13-24)30(28,29)16-11-19-8-3-2-4-9-19/h2-11,16H,12-15,17H2,1H3,(H,23,27)/b16-11+. The van der Waals surface area contributed by atoms with E-state index in [1.807, 2.05) is 49.4 Å². The van der Waals surface area contributed by atoms with Gasteiger partial charge in [-0.2, -0.15) is 4.31 Å². The van der Waals surface area contributed by atoms with E-state index >= 15 is 0 Å². The number of sulfonamides is 1. The Bertz CT molecular complexity index is 1030. The van der Waals surface area contributed by atoms with Crippen LogP contribution in [0.15, 0.2) is 60.0 Å². The lowest BCUT2D eigenvalue weighted by Gasteiger charge is -2.33. The minimum atomic E-state index is -3.55. The highest BCUT2D eigenvalue weighted by Crippen LogP contribution is 2.12. The molecule has 3 rings (SSSR count). The first-order valence-electron chi connectivity index (χ1n) is 9.72. The topological polar surface area (TPSA) is 86.8 Å². The highest BCUT2D eigenvalue weighted by molar-refractivity contribution is 7.92. The number of rotatable bonds is 6. The third-order valence-corrected chi connectivity index (χ3v) is 6.54. The molecule has 1 aliphatic rings. The van der Waals surface area contributed by atoms with E-state index in [-0.39, 0.29) is 44.5 Å². The smallest absolute Gasteiger partial charge is 0.251 e. The van der Waals surface area contributed by atoms with Gasteiger partial charge in [0, 0.05) is 37.2 Å². The zero-order valence-electron chi connectivity index (χ0n) is 16.8. The fourth-order valence-corrected chi connectivity index (χ4v) is 4.37. The third kappa shape index (κ3) is 5.55. The lowest BCUT2D eigenvalue weighted by Crippen LogP contribution is -2.52. The lowest BCUT2D eigenvalue weighted by atomic mass is 10.1. The Kier molecular flexibility index (Phi) is 7.02. The van der Waals surface area contributed by atoms with E-state index in [1.165, 1.54) is 9.71 Å². The number of carbonyl (C=O) groups is 2. The van der Waals surface area contributed by atoms with Gasteiger partial charge in [-0.25, -0.2) is 8.42 Å². The van der Waals surface area contributed by atoms with Crippen LogP contribution < -0.4 is 5.32 Å². The molecule has 7 nitrogen and oxygen atoms in total. The molecule has 158 valence electrons. The average molecular weight is 428 g/mol. The van der Waals surface area contributed by atoms with Crippen molar-refractivity contribution in [2.45, 2.75) is 6.92 Å². The molecule has 1 aliphatic heterocycles. The van der Waals surface area contributed by atoms with Crippen molar-refractivity contribution in [3.05, 3.63) is 76.7 Å². The second kappa shape index (κ2) is 9.69. The van der Waals surface area contributed by atoms with E-state index in [9.17, 15) is 18.0 Å². The molecule has 1 N–H and O–H groups in total. The first-order valence-corrected chi connectivity index (χ1v) is 11.2. The molecule has 8 heteroatoms. The summed E-state index contributed by atoms with van der Waals surface area (Å²) in [5.41, 5.74) is 2.18. The average Bonchev–Trinajstić information content (AvgIpc) is 2.77. The number of hydrogen-bond donors (Lipinski definition) is 1. The highest BCUT2D eigenvalue weighted by atomic mass is 32.2. The molecular weight excluding hydrogens is 402 g/mol. The van der Waals surface area contributed by atoms with Crippen LogP contribution in [0.1, 0.15) is 21.5 Å². The Balaban J connectivity index is 1.50. The summed E-state index contributed by atoms with van der Waals surface area (Å²) in [5.74, 6) is -0.525. The zero-order valence-corrected chi connectivity index (χ0v) is 17.6. The number of aryl methyl sites for hydroxylation is 1. The van der Waals surface area contributed by atoms with E-state index in [1.54, 1.807) is 23.1 Å². The quantitative estimate of drug-likeness (QED) is 0.763. The van der Waals surface area contributed by atoms with Crippen LogP contribution in [-0.2, 0) is 14.8 Å². The molecule has 1 heterocycles. The van der Waals surface area contributed by atoms with Crippen LogP contribution in [0.2, 0.25) is 0 Å². The Morgan fingerprint density at radius 2 is 1.60 bits per heavy atom. The summed E-state index contributed by atoms with van der Waals surface area (Å²) in [5, 5.41) is 3.84. The molecule has 0 atom stereocenters. The molecule has 2 aromatic carbocycles. The van der Waals surface area contributed by atoms with Gasteiger partial charge in [0.1, 0.15) is 0 Å². The number of benzene rings is 2. The summed E-state index contributed by atoms with van der Waals surface area (Å²) < 4.78 is 26.4. The number of piperazine rings is 1. The molecule has 0 aromatic heterocycles. The van der Waals surface area contributed by atoms with Gasteiger partial charge in [-0.3, -0.25) is 9.59 Å². The second-order valence-corrected chi connectivity index (χ2v) is 8.85. The molecular formula is C22H25N3O4S. The van der Waals surface area contributed by atoms with Crippen molar-refractivity contribution in [2.75, 3.05) is 32.7 Å². The van der Waals surface area contributed by atoms with Crippen molar-refractivity contribution >= 4 is 27.9 Å². The molecule has 0 bridgehead atoms. The van der Waals surface area contributed by atoms with E-state index in [0.29, 0.717) is 5.56 Å². The highest BCUT2D eigenvalue weighted by Gasteiger charge is 2.27. The van der Waals surface area contributed by atoms with Gasteiger partial charge in [0.05, 0.1) is 6.54 Å². The van der Waals surface area contributed by atoms with Crippen LogP contribution in [-0.4, -0.2) is 62.2 Å². The molecule has 0 aliphatic carbocycles. The van der Waals surface area contributed by atoms with Crippen molar-refractivity contribution in [1.82, 2.24) is 14.5 Å². The minimum absolute atomic E-state index is 0.117. The second-order valence-electron chi connectivity index (χ2n) is 7.04. The maximum atomic E-state index is 12.5. The number of hydrogen-bond acceptors (Lipinski definition) is 4. The predicted molar refractivity (Wildman–Crippen MR) is 116 cm³/mol. The SMILES string of the molecule is Cc1ccccc1C(=O)NCC(=O)N1CCN(S(=O)(=O)/C=C/c2ccccc2)CC1. The van der Waals surface area contributed by atoms with Crippen molar-refractivity contribution in [3.63, 3.8) is 0 Å². The summed E-state index contributed by atoms with van der Waals surface area (Å²) in [6.45, 7) is 2.74. The van der Waals surface area contributed by atoms with E-state index in [0.717, 1.165) is 11.1 Å². The summed E-state index contributed by atoms with van der Waals surface area (Å²) in [6.07, 6.45) is 1.56. The minimum Gasteiger partial charge on any atom is -0.343 e. The fraction of sp³-hybridized carbons (Fsp3) is 0.273. The van der Waals surface area contributed by atoms with E-state index < -0.39 is 10.0 Å². The maximum absolute atomic E-state index is 12.5. The largest absolute Gasteiger partial charge is 0.343 e. The molecule has 1 fully saturated rings. The summed E-state index contributed by atoms with van der Waals surface area (Å²) >= 11 is 0. The predicted octanol–water partition coefficient (Wildman–Crippen LogP) is 1.87. The molecule has 0 saturated carbocycles. The number of carbonyl (C=O) groups excluding carboxylic acids is 2. The number of nitrogens with one attached hydrogen (secondary N) is 1. The summed E-state index contributed by atoms with van der Waals surface area (Å²) in [6, 6.07) is 16.4. The van der Waals surface area contributed by atoms with Crippen LogP contribution in [0.4, 0.5) is 0 Å². The Hall–Kier alpha value is -2.97. The van der Waals surface area contributed by atoms with Gasteiger partial charge in [0.25, 0.3) is 5.91 Å². The molecule has 30 heavy (non-hydrogen) atoms. The molecule has 1 saturated heterocycles. The van der Waals surface area contributed by atoms with Crippen molar-refractivity contribution in [3.8, 4) is 0 Å². The first-order chi connectivity index (χ1) is 14.4. The maximum Gasteiger partial charge on any atom is 0.251 e. The van der Waals surface area contributed by atoms with Gasteiger partial charge in [-0.15, -0.1) is 0 Å². The first kappa shape index (κ1) is 21.7. The molecule has 0 unspecified atom stereocenters. The van der Waals surface area contributed by atoms with Crippen LogP contribution in [0.3, 0.4) is 0 Å². The van der Waals surface area contributed by atoms with Crippen molar-refractivity contribution in [2.24, 2.45) is 0 Å². The van der Waals surface area contributed by atoms with E-state index in [4.69, 9.17) is 0 Å². The fourth-order valence-electron chi connectivity index (χ4n) is 3.20. The zero-order chi connectivity index (χ0) is 21.6. The molecule has 0 spiro atoms. The van der Waals surface area contributed by atoms with Crippen LogP contribution in [0.25, 0.3) is 6.08 Å². The van der Waals surface area contributed by atoms with Crippen LogP contribution in [0, 0.1) is 6.92 Å². The van der Waals surface area contributed by atoms with E-state index in [2.05, 4.69) is 5.32 Å². The third-order valence-electron chi connectivity index (χ3n) is 4.97. The van der Waals surface area contributed by atoms with Gasteiger partial charge in [0.2, 0.25) is 15.9 Å². The Labute approximate surface area is 177 Å². The number of amides is 2. The molecule has 0 radical (unpaired) electrons. The normalized spacial score (nSPS) is 15.3. The molecule has 2 amide bonds. The van der Waals surface area contributed by atoms with Gasteiger partial charge in [-0.05, 0) is 30.2 Å². The van der Waals surface area contributed by atoms with Gasteiger partial charge in [-0.1, -0.05) is 48.5 Å². The van der Waals surface area contributed by atoms with Crippen LogP contribution >= 0.6 is 0 Å².